The van der Waals surface area contributed by atoms with Crippen LogP contribution in [0.3, 0.4) is 0 Å². The molecular weight excluding hydrogens is 593 g/mol. The van der Waals surface area contributed by atoms with Gasteiger partial charge in [0, 0.05) is 25.1 Å². The summed E-state index contributed by atoms with van der Waals surface area (Å²) < 4.78 is 226. The number of carbonyl (C=O) groups excluding carboxylic acids is 1. The molecule has 2 nitrogen and oxygen atoms in total. The molecule has 0 unspecified atom stereocenters. The molecule has 0 spiro atoms. The molecule has 0 aliphatic heterocycles. The van der Waals surface area contributed by atoms with Crippen LogP contribution in [0.25, 0.3) is 0 Å². The largest absolute Gasteiger partial charge is 0.460 e. The van der Waals surface area contributed by atoms with Gasteiger partial charge in [-0.1, -0.05) is 19.9 Å². The molecule has 0 radical (unpaired) electrons. The Morgan fingerprint density at radius 2 is 0.949 bits per heavy atom. The molecule has 19 heteroatoms. The summed E-state index contributed by atoms with van der Waals surface area (Å²) in [5.41, 5.74) is -0.0568. The van der Waals surface area contributed by atoms with Crippen LogP contribution in [0, 0.1) is 0 Å². The van der Waals surface area contributed by atoms with Gasteiger partial charge in [0.15, 0.2) is 0 Å². The van der Waals surface area contributed by atoms with E-state index in [0.717, 1.165) is 4.90 Å². The molecule has 0 aromatic heterocycles. The molecule has 0 saturated carbocycles. The van der Waals surface area contributed by atoms with E-state index in [1.807, 2.05) is 0 Å². The third-order valence-corrected chi connectivity index (χ3v) is 5.39. The smallest absolute Gasteiger partial charge is 0.339 e. The van der Waals surface area contributed by atoms with Crippen molar-refractivity contribution in [3.05, 3.63) is 12.2 Å². The Balaban J connectivity index is 6.06. The quantitative estimate of drug-likeness (QED) is 0.103. The molecule has 0 atom stereocenters. The number of hydrogen-bond acceptors (Lipinski definition) is 1. The lowest BCUT2D eigenvalue weighted by molar-refractivity contribution is -0.461. The molecule has 0 aliphatic carbocycles. The molecule has 1 amide bonds. The fourth-order valence-corrected chi connectivity index (χ4v) is 2.94. The van der Waals surface area contributed by atoms with Gasteiger partial charge < -0.3 is 4.90 Å². The predicted octanol–water partition coefficient (Wildman–Crippen LogP) is 8.37. The topological polar surface area (TPSA) is 20.3 Å². The molecule has 0 heterocycles. The number of nitrogens with zero attached hydrogens (tertiary/aromatic N) is 1. The maximum absolute atomic E-state index is 13.9. The van der Waals surface area contributed by atoms with Crippen molar-refractivity contribution in [2.75, 3.05) is 13.1 Å². The van der Waals surface area contributed by atoms with Gasteiger partial charge in [0.25, 0.3) is 0 Å². The summed E-state index contributed by atoms with van der Waals surface area (Å²) in [5.74, 6) is -57.0. The SMILES string of the molecule is C=C(C)C(=O)N(CCCC)CCCCC(F)(F)C(F)(F)C(F)(F)C(F)(F)C(F)(F)C(F)(F)C(F)(F)C(F)(F)F. The van der Waals surface area contributed by atoms with E-state index in [1.165, 1.54) is 6.92 Å². The highest BCUT2D eigenvalue weighted by Crippen LogP contribution is 2.64. The van der Waals surface area contributed by atoms with E-state index < -0.39 is 79.3 Å². The number of halogens is 17. The lowest BCUT2D eigenvalue weighted by Crippen LogP contribution is -2.74. The maximum atomic E-state index is 13.9. The number of carbonyl (C=O) groups is 1. The molecule has 0 aliphatic rings. The lowest BCUT2D eigenvalue weighted by atomic mass is 9.88. The van der Waals surface area contributed by atoms with E-state index in [1.54, 1.807) is 6.92 Å². The van der Waals surface area contributed by atoms with Gasteiger partial charge in [-0.05, 0) is 26.2 Å². The van der Waals surface area contributed by atoms with Gasteiger partial charge >= 0.3 is 47.6 Å². The maximum Gasteiger partial charge on any atom is 0.460 e. The first-order chi connectivity index (χ1) is 17.0. The van der Waals surface area contributed by atoms with Crippen LogP contribution in [0.5, 0.6) is 0 Å². The van der Waals surface area contributed by atoms with E-state index >= 15 is 0 Å². The van der Waals surface area contributed by atoms with Gasteiger partial charge in [0.2, 0.25) is 5.91 Å². The molecule has 0 rings (SSSR count). The first kappa shape index (κ1) is 37.0. The normalized spacial score (nSPS) is 14.9. The van der Waals surface area contributed by atoms with Gasteiger partial charge in [0.1, 0.15) is 0 Å². The van der Waals surface area contributed by atoms with Crippen LogP contribution in [0.4, 0.5) is 74.6 Å². The highest BCUT2D eigenvalue weighted by atomic mass is 19.4. The zero-order valence-corrected chi connectivity index (χ0v) is 19.9. The van der Waals surface area contributed by atoms with Crippen molar-refractivity contribution in [1.29, 1.82) is 0 Å². The highest BCUT2D eigenvalue weighted by Gasteiger charge is 2.95. The zero-order valence-electron chi connectivity index (χ0n) is 19.9. The van der Waals surface area contributed by atoms with Crippen molar-refractivity contribution in [3.63, 3.8) is 0 Å². The lowest BCUT2D eigenvalue weighted by Gasteiger charge is -2.42. The summed E-state index contributed by atoms with van der Waals surface area (Å²) in [4.78, 5) is 12.9. The first-order valence-electron chi connectivity index (χ1n) is 10.7. The predicted molar refractivity (Wildman–Crippen MR) is 101 cm³/mol. The van der Waals surface area contributed by atoms with Crippen LogP contribution in [-0.4, -0.2) is 71.5 Å². The number of amides is 1. The molecular formula is C20H22F17NO. The number of unbranched alkanes of at least 4 members (excludes halogenated alkanes) is 2. The van der Waals surface area contributed by atoms with Crippen LogP contribution >= 0.6 is 0 Å². The molecule has 0 aromatic rings. The van der Waals surface area contributed by atoms with Crippen molar-refractivity contribution in [2.24, 2.45) is 0 Å². The van der Waals surface area contributed by atoms with Gasteiger partial charge in [-0.2, -0.15) is 74.6 Å². The second kappa shape index (κ2) is 11.5. The van der Waals surface area contributed by atoms with Crippen LogP contribution in [0.2, 0.25) is 0 Å². The minimum absolute atomic E-state index is 0.00903. The van der Waals surface area contributed by atoms with E-state index in [0.29, 0.717) is 12.8 Å². The van der Waals surface area contributed by atoms with Crippen molar-refractivity contribution < 1.29 is 79.4 Å². The van der Waals surface area contributed by atoms with Crippen molar-refractivity contribution in [3.8, 4) is 0 Å². The fourth-order valence-electron chi connectivity index (χ4n) is 2.94. The number of hydrogen-bond donors (Lipinski definition) is 0. The number of alkyl halides is 17. The minimum atomic E-state index is -8.63. The second-order valence-corrected chi connectivity index (χ2v) is 8.53. The molecule has 0 bridgehead atoms. The Morgan fingerprint density at radius 3 is 1.31 bits per heavy atom. The zero-order chi connectivity index (χ0) is 31.7. The van der Waals surface area contributed by atoms with Crippen molar-refractivity contribution in [2.45, 2.75) is 93.6 Å². The van der Waals surface area contributed by atoms with Gasteiger partial charge in [-0.25, -0.2) is 0 Å². The Morgan fingerprint density at radius 1 is 0.590 bits per heavy atom. The molecule has 232 valence electrons. The van der Waals surface area contributed by atoms with Gasteiger partial charge in [-0.3, -0.25) is 4.79 Å². The van der Waals surface area contributed by atoms with E-state index in [-0.39, 0.29) is 12.1 Å². The standard InChI is InChI=1S/C20H22F17NO/c1-4-5-9-38(12(39)11(2)3)10-7-6-8-13(21,22)14(23,24)15(25,26)16(27,28)17(29,30)18(31,32)19(33,34)20(35,36)37/h2,4-10H2,1,3H3. The van der Waals surface area contributed by atoms with Crippen LogP contribution < -0.4 is 0 Å². The summed E-state index contributed by atoms with van der Waals surface area (Å²) in [6.07, 6.45) is -11.4. The van der Waals surface area contributed by atoms with Gasteiger partial charge in [0.05, 0.1) is 0 Å². The van der Waals surface area contributed by atoms with Crippen LogP contribution in [0.15, 0.2) is 12.2 Å². The highest BCUT2D eigenvalue weighted by molar-refractivity contribution is 5.92. The summed E-state index contributed by atoms with van der Waals surface area (Å²) in [7, 11) is 0. The second-order valence-electron chi connectivity index (χ2n) is 8.53. The van der Waals surface area contributed by atoms with Crippen molar-refractivity contribution in [1.82, 2.24) is 4.90 Å². The summed E-state index contributed by atoms with van der Waals surface area (Å²) in [5, 5.41) is 0. The van der Waals surface area contributed by atoms with E-state index in [9.17, 15) is 79.4 Å². The molecule has 0 aromatic carbocycles. The summed E-state index contributed by atoms with van der Waals surface area (Å²) >= 11 is 0. The molecule has 0 N–H and O–H groups in total. The fraction of sp³-hybridized carbons (Fsp3) is 0.850. The molecule has 0 saturated heterocycles. The van der Waals surface area contributed by atoms with Crippen LogP contribution in [-0.2, 0) is 4.79 Å². The monoisotopic (exact) mass is 615 g/mol. The minimum Gasteiger partial charge on any atom is -0.339 e. The van der Waals surface area contributed by atoms with E-state index in [4.69, 9.17) is 0 Å². The Kier molecular flexibility index (Phi) is 10.9. The Bertz CT molecular complexity index is 863. The first-order valence-corrected chi connectivity index (χ1v) is 10.7. The van der Waals surface area contributed by atoms with E-state index in [2.05, 4.69) is 6.58 Å². The average molecular weight is 615 g/mol. The van der Waals surface area contributed by atoms with Gasteiger partial charge in [-0.15, -0.1) is 0 Å². The summed E-state index contributed by atoms with van der Waals surface area (Å²) in [6.45, 7) is 5.72. The molecule has 0 fully saturated rings. The third kappa shape index (κ3) is 6.35. The molecule has 39 heavy (non-hydrogen) atoms. The number of rotatable bonds is 15. The van der Waals surface area contributed by atoms with Crippen LogP contribution in [0.1, 0.15) is 46.0 Å². The summed E-state index contributed by atoms with van der Waals surface area (Å²) in [6, 6.07) is 0. The Labute approximate surface area is 210 Å². The Hall–Kier alpha value is -1.98. The van der Waals surface area contributed by atoms with Crippen molar-refractivity contribution >= 4 is 5.91 Å². The average Bonchev–Trinajstić information content (AvgIpc) is 2.76. The third-order valence-electron chi connectivity index (χ3n) is 5.39.